The molecule has 1 saturated carbocycles. The number of aliphatic hydroxyl groups is 1. The summed E-state index contributed by atoms with van der Waals surface area (Å²) < 4.78 is 0. The third kappa shape index (κ3) is 2.21. The van der Waals surface area contributed by atoms with Gasteiger partial charge in [-0.1, -0.05) is 0 Å². The smallest absolute Gasteiger partial charge is 0.251 e. The quantitative estimate of drug-likeness (QED) is 0.773. The van der Waals surface area contributed by atoms with Crippen LogP contribution in [-0.2, 0) is 10.2 Å². The maximum absolute atomic E-state index is 12.4. The number of hydrogen-bond donors (Lipinski definition) is 3. The van der Waals surface area contributed by atoms with Crippen LogP contribution < -0.4 is 10.6 Å². The number of benzene rings is 1. The molecule has 0 saturated heterocycles. The molecule has 1 spiro atoms. The molecule has 2 amide bonds. The number of nitrogens with one attached hydrogen (secondary N) is 2. The highest BCUT2D eigenvalue weighted by Gasteiger charge is 2.48. The fraction of sp³-hybridized carbons (Fsp3) is 0.500. The summed E-state index contributed by atoms with van der Waals surface area (Å²) in [5.74, 6) is -0.122. The molecule has 112 valence electrons. The van der Waals surface area contributed by atoms with E-state index in [9.17, 15) is 14.7 Å². The van der Waals surface area contributed by atoms with Gasteiger partial charge >= 0.3 is 0 Å². The topological polar surface area (TPSA) is 78.4 Å². The van der Waals surface area contributed by atoms with Crippen LogP contribution in [0.5, 0.6) is 0 Å². The second-order valence-corrected chi connectivity index (χ2v) is 5.89. The lowest BCUT2D eigenvalue weighted by atomic mass is 9.69. The van der Waals surface area contributed by atoms with Crippen molar-refractivity contribution in [2.24, 2.45) is 0 Å². The number of rotatable bonds is 2. The van der Waals surface area contributed by atoms with Gasteiger partial charge in [0.25, 0.3) is 5.91 Å². The van der Waals surface area contributed by atoms with Crippen LogP contribution in [-0.4, -0.2) is 29.6 Å². The molecule has 1 aromatic rings. The van der Waals surface area contributed by atoms with Gasteiger partial charge in [-0.25, -0.2) is 0 Å². The number of carbonyl (C=O) groups is 2. The molecule has 1 aliphatic heterocycles. The van der Waals surface area contributed by atoms with E-state index in [1.165, 1.54) is 0 Å². The summed E-state index contributed by atoms with van der Waals surface area (Å²) in [6.45, 7) is 2.45. The Morgan fingerprint density at radius 2 is 2.14 bits per heavy atom. The molecule has 1 aliphatic carbocycles. The first-order valence-corrected chi connectivity index (χ1v) is 7.49. The highest BCUT2D eigenvalue weighted by atomic mass is 16.3. The predicted octanol–water partition coefficient (Wildman–Crippen LogP) is 1.56. The van der Waals surface area contributed by atoms with E-state index in [4.69, 9.17) is 0 Å². The molecular weight excluding hydrogens is 268 g/mol. The molecule has 0 radical (unpaired) electrons. The minimum atomic E-state index is -0.572. The van der Waals surface area contributed by atoms with Crippen molar-refractivity contribution in [3.63, 3.8) is 0 Å². The minimum absolute atomic E-state index is 0.00236. The summed E-state index contributed by atoms with van der Waals surface area (Å²) in [4.78, 5) is 24.4. The summed E-state index contributed by atoms with van der Waals surface area (Å²) in [6, 6.07) is 5.37. The number of anilines is 1. The summed E-state index contributed by atoms with van der Waals surface area (Å²) in [5, 5.41) is 15.4. The monoisotopic (exact) mass is 288 g/mol. The number of fused-ring (bicyclic) bond motifs is 2. The summed E-state index contributed by atoms with van der Waals surface area (Å²) in [6.07, 6.45) is 2.19. The largest absolute Gasteiger partial charge is 0.393 e. The average molecular weight is 288 g/mol. The van der Waals surface area contributed by atoms with Gasteiger partial charge in [-0.2, -0.15) is 0 Å². The molecule has 21 heavy (non-hydrogen) atoms. The lowest BCUT2D eigenvalue weighted by Crippen LogP contribution is -2.39. The number of hydrogen-bond acceptors (Lipinski definition) is 3. The van der Waals surface area contributed by atoms with Crippen molar-refractivity contribution in [2.75, 3.05) is 11.9 Å². The van der Waals surface area contributed by atoms with Crippen LogP contribution in [0.3, 0.4) is 0 Å². The van der Waals surface area contributed by atoms with Gasteiger partial charge in [0.1, 0.15) is 0 Å². The molecule has 1 fully saturated rings. The van der Waals surface area contributed by atoms with Crippen molar-refractivity contribution in [2.45, 2.75) is 44.1 Å². The number of amides is 2. The summed E-state index contributed by atoms with van der Waals surface area (Å²) in [5.41, 5.74) is 1.71. The minimum Gasteiger partial charge on any atom is -0.393 e. The van der Waals surface area contributed by atoms with Crippen molar-refractivity contribution in [3.05, 3.63) is 29.3 Å². The maximum atomic E-state index is 12.4. The van der Waals surface area contributed by atoms with Gasteiger partial charge in [0, 0.05) is 17.8 Å². The van der Waals surface area contributed by atoms with E-state index in [0.29, 0.717) is 37.8 Å². The number of aliphatic hydroxyl groups excluding tert-OH is 1. The average Bonchev–Trinajstić information content (AvgIpc) is 2.74. The Morgan fingerprint density at radius 1 is 1.43 bits per heavy atom. The van der Waals surface area contributed by atoms with Gasteiger partial charge in [0.15, 0.2) is 0 Å². The van der Waals surface area contributed by atoms with Gasteiger partial charge < -0.3 is 15.7 Å². The molecule has 5 nitrogen and oxygen atoms in total. The molecule has 5 heteroatoms. The van der Waals surface area contributed by atoms with Crippen molar-refractivity contribution < 1.29 is 14.7 Å². The van der Waals surface area contributed by atoms with Gasteiger partial charge in [-0.15, -0.1) is 0 Å². The lowest BCUT2D eigenvalue weighted by molar-refractivity contribution is -0.122. The molecule has 0 aromatic heterocycles. The molecule has 2 aliphatic rings. The van der Waals surface area contributed by atoms with Crippen molar-refractivity contribution in [1.82, 2.24) is 5.32 Å². The van der Waals surface area contributed by atoms with Crippen LogP contribution in [0.25, 0.3) is 0 Å². The van der Waals surface area contributed by atoms with E-state index in [1.54, 1.807) is 12.1 Å². The molecule has 3 N–H and O–H groups in total. The second kappa shape index (κ2) is 5.15. The molecular formula is C16H20N2O3. The van der Waals surface area contributed by atoms with Gasteiger partial charge in [-0.05, 0) is 56.4 Å². The molecule has 3 rings (SSSR count). The van der Waals surface area contributed by atoms with Crippen LogP contribution in [0.1, 0.15) is 48.5 Å². The zero-order chi connectivity index (χ0) is 15.0. The Morgan fingerprint density at radius 3 is 2.81 bits per heavy atom. The van der Waals surface area contributed by atoms with E-state index in [-0.39, 0.29) is 17.9 Å². The lowest BCUT2D eigenvalue weighted by Gasteiger charge is -2.33. The number of carbonyl (C=O) groups excluding carboxylic acids is 2. The van der Waals surface area contributed by atoms with Crippen molar-refractivity contribution in [1.29, 1.82) is 0 Å². The molecule has 0 bridgehead atoms. The van der Waals surface area contributed by atoms with Crippen molar-refractivity contribution >= 4 is 17.5 Å². The van der Waals surface area contributed by atoms with Gasteiger partial charge in [0.05, 0.1) is 11.5 Å². The Bertz CT molecular complexity index is 589. The fourth-order valence-corrected chi connectivity index (χ4v) is 3.41. The molecule has 1 aromatic carbocycles. The van der Waals surface area contributed by atoms with Gasteiger partial charge in [0.2, 0.25) is 5.91 Å². The Hall–Kier alpha value is -1.88. The van der Waals surface area contributed by atoms with E-state index >= 15 is 0 Å². The SMILES string of the molecule is CCNC(=O)c1ccc2c(c1)C1(CCC(O)CC1)C(=O)N2. The Balaban J connectivity index is 1.99. The summed E-state index contributed by atoms with van der Waals surface area (Å²) >= 11 is 0. The zero-order valence-corrected chi connectivity index (χ0v) is 12.1. The second-order valence-electron chi connectivity index (χ2n) is 5.89. The summed E-state index contributed by atoms with van der Waals surface area (Å²) in [7, 11) is 0. The molecule has 1 heterocycles. The van der Waals surface area contributed by atoms with Gasteiger partial charge in [-0.3, -0.25) is 9.59 Å². The van der Waals surface area contributed by atoms with Crippen LogP contribution in [0.2, 0.25) is 0 Å². The highest BCUT2D eigenvalue weighted by Crippen LogP contribution is 2.47. The van der Waals surface area contributed by atoms with Crippen LogP contribution >= 0.6 is 0 Å². The van der Waals surface area contributed by atoms with E-state index < -0.39 is 5.41 Å². The normalized spacial score (nSPS) is 27.3. The highest BCUT2D eigenvalue weighted by molar-refractivity contribution is 6.07. The molecule has 0 atom stereocenters. The standard InChI is InChI=1S/C16H20N2O3/c1-2-17-14(20)10-3-4-13-12(9-10)16(15(21)18-13)7-5-11(19)6-8-16/h3-4,9,11,19H,2,5-8H2,1H3,(H,17,20)(H,18,21). The zero-order valence-electron chi connectivity index (χ0n) is 12.1. The fourth-order valence-electron chi connectivity index (χ4n) is 3.41. The first kappa shape index (κ1) is 14.1. The van der Waals surface area contributed by atoms with Crippen LogP contribution in [0.15, 0.2) is 18.2 Å². The van der Waals surface area contributed by atoms with E-state index in [0.717, 1.165) is 11.3 Å². The van der Waals surface area contributed by atoms with Crippen LogP contribution in [0.4, 0.5) is 5.69 Å². The predicted molar refractivity (Wildman–Crippen MR) is 79.2 cm³/mol. The van der Waals surface area contributed by atoms with Crippen molar-refractivity contribution in [3.8, 4) is 0 Å². The first-order chi connectivity index (χ1) is 10.1. The van der Waals surface area contributed by atoms with E-state index in [1.807, 2.05) is 13.0 Å². The van der Waals surface area contributed by atoms with E-state index in [2.05, 4.69) is 10.6 Å². The van der Waals surface area contributed by atoms with Crippen LogP contribution in [0, 0.1) is 0 Å². The Labute approximate surface area is 123 Å². The Kier molecular flexibility index (Phi) is 3.45. The third-order valence-corrected chi connectivity index (χ3v) is 4.63. The first-order valence-electron chi connectivity index (χ1n) is 7.49. The third-order valence-electron chi connectivity index (χ3n) is 4.63. The maximum Gasteiger partial charge on any atom is 0.251 e. The molecule has 0 unspecified atom stereocenters.